The van der Waals surface area contributed by atoms with Crippen molar-refractivity contribution in [3.63, 3.8) is 0 Å². The van der Waals surface area contributed by atoms with Crippen LogP contribution in [0, 0.1) is 0 Å². The van der Waals surface area contributed by atoms with Crippen molar-refractivity contribution in [1.29, 1.82) is 0 Å². The molecule has 2 aromatic rings. The molecule has 0 bridgehead atoms. The summed E-state index contributed by atoms with van der Waals surface area (Å²) in [5.74, 6) is 0.878. The number of likely N-dealkylation sites (tertiary alicyclic amines) is 1. The van der Waals surface area contributed by atoms with Crippen LogP contribution in [-0.4, -0.2) is 84.5 Å². The molecule has 7 nitrogen and oxygen atoms in total. The molecule has 0 radical (unpaired) electrons. The van der Waals surface area contributed by atoms with E-state index >= 15 is 0 Å². The number of benzene rings is 2. The van der Waals surface area contributed by atoms with Crippen LogP contribution in [0.4, 0.5) is 0 Å². The number of carbonyl (C=O) groups is 1. The molecule has 1 amide bonds. The zero-order chi connectivity index (χ0) is 25.1. The Morgan fingerprint density at radius 3 is 2.47 bits per heavy atom. The topological polar surface area (TPSA) is 57.6 Å². The fourth-order valence-corrected chi connectivity index (χ4v) is 5.92. The minimum Gasteiger partial charge on any atom is -0.497 e. The van der Waals surface area contributed by atoms with Gasteiger partial charge in [-0.3, -0.25) is 14.6 Å². The molecule has 0 saturated carbocycles. The van der Waals surface area contributed by atoms with Crippen LogP contribution in [0.2, 0.25) is 0 Å². The van der Waals surface area contributed by atoms with Gasteiger partial charge in [0.05, 0.1) is 37.6 Å². The van der Waals surface area contributed by atoms with Crippen molar-refractivity contribution in [1.82, 2.24) is 14.8 Å². The number of hydrazone groups is 1. The Hall–Kier alpha value is -2.74. The van der Waals surface area contributed by atoms with E-state index in [0.29, 0.717) is 19.0 Å². The Morgan fingerprint density at radius 1 is 1.06 bits per heavy atom. The number of methoxy groups -OCH3 is 1. The summed E-state index contributed by atoms with van der Waals surface area (Å²) in [7, 11) is 1.67. The summed E-state index contributed by atoms with van der Waals surface area (Å²) in [6.45, 7) is 8.56. The van der Waals surface area contributed by atoms with Crippen LogP contribution in [-0.2, 0) is 9.53 Å². The predicted octanol–water partition coefficient (Wildman–Crippen LogP) is 3.95. The van der Waals surface area contributed by atoms with Gasteiger partial charge >= 0.3 is 0 Å². The molecule has 36 heavy (non-hydrogen) atoms. The molecule has 3 heterocycles. The average Bonchev–Trinajstić information content (AvgIpc) is 3.51. The highest BCUT2D eigenvalue weighted by molar-refractivity contribution is 6.03. The Labute approximate surface area is 214 Å². The second-order valence-electron chi connectivity index (χ2n) is 10.4. The summed E-state index contributed by atoms with van der Waals surface area (Å²) in [6, 6.07) is 18.5. The van der Waals surface area contributed by atoms with E-state index in [9.17, 15) is 4.79 Å². The predicted molar refractivity (Wildman–Crippen MR) is 141 cm³/mol. The zero-order valence-corrected chi connectivity index (χ0v) is 21.7. The van der Waals surface area contributed by atoms with Gasteiger partial charge in [0.1, 0.15) is 5.75 Å². The SMILES string of the molecule is COc1ccc(C2CC(c3ccccc3)=NN2C(=O)CN2CCCC2CN2CC(C)OC(C)C2)cc1. The lowest BCUT2D eigenvalue weighted by molar-refractivity contribution is -0.134. The molecule has 192 valence electrons. The summed E-state index contributed by atoms with van der Waals surface area (Å²) < 4.78 is 11.3. The fraction of sp³-hybridized carbons (Fsp3) is 0.517. The van der Waals surface area contributed by atoms with E-state index in [1.807, 2.05) is 42.5 Å². The second-order valence-corrected chi connectivity index (χ2v) is 10.4. The maximum atomic E-state index is 13.7. The largest absolute Gasteiger partial charge is 0.497 e. The zero-order valence-electron chi connectivity index (χ0n) is 21.7. The molecule has 2 fully saturated rings. The molecule has 2 aromatic carbocycles. The Bertz CT molecular complexity index is 1050. The number of ether oxygens (including phenoxy) is 2. The van der Waals surface area contributed by atoms with Crippen LogP contribution >= 0.6 is 0 Å². The quantitative estimate of drug-likeness (QED) is 0.588. The third kappa shape index (κ3) is 5.64. The summed E-state index contributed by atoms with van der Waals surface area (Å²) in [6.07, 6.45) is 3.48. The first-order valence-corrected chi connectivity index (χ1v) is 13.2. The normalized spacial score (nSPS) is 27.3. The molecule has 4 unspecified atom stereocenters. The van der Waals surface area contributed by atoms with Crippen molar-refractivity contribution in [2.75, 3.05) is 39.8 Å². The van der Waals surface area contributed by atoms with E-state index < -0.39 is 0 Å². The van der Waals surface area contributed by atoms with Crippen LogP contribution in [0.5, 0.6) is 5.75 Å². The minimum absolute atomic E-state index is 0.0670. The van der Waals surface area contributed by atoms with Crippen LogP contribution in [0.3, 0.4) is 0 Å². The first-order chi connectivity index (χ1) is 17.5. The third-order valence-electron chi connectivity index (χ3n) is 7.58. The van der Waals surface area contributed by atoms with Crippen LogP contribution in [0.25, 0.3) is 0 Å². The molecular weight excluding hydrogens is 452 g/mol. The van der Waals surface area contributed by atoms with Crippen molar-refractivity contribution >= 4 is 11.6 Å². The molecule has 3 aliphatic rings. The van der Waals surface area contributed by atoms with Gasteiger partial charge in [0.15, 0.2) is 0 Å². The van der Waals surface area contributed by atoms with Crippen molar-refractivity contribution in [2.24, 2.45) is 5.10 Å². The maximum absolute atomic E-state index is 13.7. The van der Waals surface area contributed by atoms with Gasteiger partial charge < -0.3 is 9.47 Å². The van der Waals surface area contributed by atoms with E-state index in [1.54, 1.807) is 12.1 Å². The first-order valence-electron chi connectivity index (χ1n) is 13.2. The number of hydrogen-bond donors (Lipinski definition) is 0. The van der Waals surface area contributed by atoms with Gasteiger partial charge in [-0.15, -0.1) is 0 Å². The first kappa shape index (κ1) is 24.9. The number of rotatable bonds is 7. The highest BCUT2D eigenvalue weighted by atomic mass is 16.5. The highest BCUT2D eigenvalue weighted by Crippen LogP contribution is 2.34. The Morgan fingerprint density at radius 2 is 1.78 bits per heavy atom. The molecular formula is C29H38N4O3. The Balaban J connectivity index is 1.31. The van der Waals surface area contributed by atoms with Crippen LogP contribution in [0.1, 0.15) is 50.3 Å². The smallest absolute Gasteiger partial charge is 0.257 e. The maximum Gasteiger partial charge on any atom is 0.257 e. The van der Waals surface area contributed by atoms with E-state index in [2.05, 4.69) is 35.8 Å². The molecule has 0 N–H and O–H groups in total. The number of nitrogens with zero attached hydrogens (tertiary/aromatic N) is 4. The molecule has 4 atom stereocenters. The summed E-state index contributed by atoms with van der Waals surface area (Å²) in [5, 5.41) is 6.61. The highest BCUT2D eigenvalue weighted by Gasteiger charge is 2.36. The third-order valence-corrected chi connectivity index (χ3v) is 7.58. The fourth-order valence-electron chi connectivity index (χ4n) is 5.92. The van der Waals surface area contributed by atoms with E-state index in [0.717, 1.165) is 61.6 Å². The van der Waals surface area contributed by atoms with Gasteiger partial charge in [-0.1, -0.05) is 42.5 Å². The van der Waals surface area contributed by atoms with Crippen molar-refractivity contribution in [3.8, 4) is 5.75 Å². The molecule has 5 rings (SSSR count). The van der Waals surface area contributed by atoms with Gasteiger partial charge in [-0.05, 0) is 56.5 Å². The number of carbonyl (C=O) groups excluding carboxylic acids is 1. The van der Waals surface area contributed by atoms with Crippen molar-refractivity contribution < 1.29 is 14.3 Å². The molecule has 2 saturated heterocycles. The Kier molecular flexibility index (Phi) is 7.70. The number of amides is 1. The molecule has 3 aliphatic heterocycles. The van der Waals surface area contributed by atoms with Crippen molar-refractivity contribution in [3.05, 3.63) is 65.7 Å². The lowest BCUT2D eigenvalue weighted by Gasteiger charge is -2.38. The van der Waals surface area contributed by atoms with Gasteiger partial charge in [0.25, 0.3) is 5.91 Å². The van der Waals surface area contributed by atoms with Crippen LogP contribution < -0.4 is 4.74 Å². The van der Waals surface area contributed by atoms with Gasteiger partial charge in [0, 0.05) is 32.1 Å². The molecule has 0 spiro atoms. The summed E-state index contributed by atoms with van der Waals surface area (Å²) >= 11 is 0. The molecule has 0 aromatic heterocycles. The molecule has 0 aliphatic carbocycles. The monoisotopic (exact) mass is 490 g/mol. The van der Waals surface area contributed by atoms with Gasteiger partial charge in [0.2, 0.25) is 0 Å². The van der Waals surface area contributed by atoms with E-state index in [4.69, 9.17) is 14.6 Å². The lowest BCUT2D eigenvalue weighted by Crippen LogP contribution is -2.51. The standard InChI is InChI=1S/C29H38N4O3/c1-21-17-31(18-22(2)36-21)19-25-10-7-15-32(25)20-29(34)33-28(24-11-13-26(35-3)14-12-24)16-27(30-33)23-8-5-4-6-9-23/h4-6,8-9,11-14,21-22,25,28H,7,10,15-20H2,1-3H3. The van der Waals surface area contributed by atoms with Gasteiger partial charge in [-0.2, -0.15) is 5.10 Å². The van der Waals surface area contributed by atoms with Gasteiger partial charge in [-0.25, -0.2) is 5.01 Å². The average molecular weight is 491 g/mol. The number of morpholine rings is 1. The van der Waals surface area contributed by atoms with Crippen molar-refractivity contribution in [2.45, 2.75) is 57.4 Å². The van der Waals surface area contributed by atoms with E-state index in [1.165, 1.54) is 0 Å². The number of hydrogen-bond acceptors (Lipinski definition) is 6. The van der Waals surface area contributed by atoms with E-state index in [-0.39, 0.29) is 24.2 Å². The summed E-state index contributed by atoms with van der Waals surface area (Å²) in [5.41, 5.74) is 3.10. The van der Waals surface area contributed by atoms with Crippen LogP contribution in [0.15, 0.2) is 59.7 Å². The molecule has 7 heteroatoms. The summed E-state index contributed by atoms with van der Waals surface area (Å²) in [4.78, 5) is 18.6. The minimum atomic E-state index is -0.111. The second kappa shape index (κ2) is 11.1. The lowest BCUT2D eigenvalue weighted by atomic mass is 9.98.